The number of hydrogen-bond acceptors (Lipinski definition) is 6. The summed E-state index contributed by atoms with van der Waals surface area (Å²) in [5, 5.41) is 3.35. The third kappa shape index (κ3) is 4.49. The molecule has 1 atom stereocenters. The van der Waals surface area contributed by atoms with E-state index in [1.807, 2.05) is 12.4 Å². The van der Waals surface area contributed by atoms with Crippen LogP contribution in [0.4, 0.5) is 0 Å². The van der Waals surface area contributed by atoms with Gasteiger partial charge in [0.15, 0.2) is 0 Å². The van der Waals surface area contributed by atoms with Gasteiger partial charge in [0.1, 0.15) is 0 Å². The lowest BCUT2D eigenvalue weighted by molar-refractivity contribution is 0.00242. The summed E-state index contributed by atoms with van der Waals surface area (Å²) >= 11 is 1.74. The van der Waals surface area contributed by atoms with Crippen LogP contribution in [0.3, 0.4) is 0 Å². The van der Waals surface area contributed by atoms with E-state index in [4.69, 9.17) is 4.74 Å². The van der Waals surface area contributed by atoms with Crippen molar-refractivity contribution in [3.63, 3.8) is 0 Å². The molecule has 2 aliphatic heterocycles. The van der Waals surface area contributed by atoms with E-state index < -0.39 is 0 Å². The van der Waals surface area contributed by atoms with Gasteiger partial charge in [-0.15, -0.1) is 11.3 Å². The van der Waals surface area contributed by atoms with Gasteiger partial charge in [0.25, 0.3) is 0 Å². The SMILES string of the molecule is Cc1nc(CN2CCOC[C@@]3(CCCN(Cc4ccncc4)C3)C2)cs1. The predicted octanol–water partition coefficient (Wildman–Crippen LogP) is 2.96. The standard InChI is InChI=1S/C20H28N4OS/c1-17-22-19(13-26-17)12-24-9-10-25-16-20(15-24)5-2-8-23(14-20)11-18-3-6-21-7-4-18/h3-4,6-7,13H,2,5,8-12,14-16H2,1H3/t20-/m1/s1. The van der Waals surface area contributed by atoms with Crippen LogP contribution in [0.5, 0.6) is 0 Å². The minimum absolute atomic E-state index is 0.243. The van der Waals surface area contributed by atoms with Crippen LogP contribution in [-0.4, -0.2) is 59.2 Å². The van der Waals surface area contributed by atoms with Crippen LogP contribution in [0, 0.1) is 12.3 Å². The van der Waals surface area contributed by atoms with Gasteiger partial charge in [0, 0.05) is 55.9 Å². The van der Waals surface area contributed by atoms with Gasteiger partial charge in [0.2, 0.25) is 0 Å². The van der Waals surface area contributed by atoms with Crippen molar-refractivity contribution >= 4 is 11.3 Å². The highest BCUT2D eigenvalue weighted by atomic mass is 32.1. The number of hydrogen-bond donors (Lipinski definition) is 0. The van der Waals surface area contributed by atoms with Gasteiger partial charge >= 0.3 is 0 Å². The van der Waals surface area contributed by atoms with Crippen LogP contribution >= 0.6 is 11.3 Å². The monoisotopic (exact) mass is 372 g/mol. The van der Waals surface area contributed by atoms with Crippen LogP contribution in [0.15, 0.2) is 29.9 Å². The first-order valence-electron chi connectivity index (χ1n) is 9.53. The summed E-state index contributed by atoms with van der Waals surface area (Å²) in [7, 11) is 0. The number of nitrogens with zero attached hydrogens (tertiary/aromatic N) is 4. The zero-order valence-electron chi connectivity index (χ0n) is 15.6. The molecule has 0 aromatic carbocycles. The molecule has 1 spiro atoms. The molecule has 2 aromatic rings. The molecule has 0 aliphatic carbocycles. The summed E-state index contributed by atoms with van der Waals surface area (Å²) in [6.07, 6.45) is 6.29. The van der Waals surface area contributed by atoms with Gasteiger partial charge in [0.05, 0.1) is 23.9 Å². The molecule has 140 valence electrons. The van der Waals surface area contributed by atoms with Crippen LogP contribution < -0.4 is 0 Å². The molecule has 6 heteroatoms. The molecule has 2 fully saturated rings. The Morgan fingerprint density at radius 2 is 1.96 bits per heavy atom. The summed E-state index contributed by atoms with van der Waals surface area (Å²) in [6, 6.07) is 4.25. The maximum Gasteiger partial charge on any atom is 0.0897 e. The summed E-state index contributed by atoms with van der Waals surface area (Å²) in [5.74, 6) is 0. The Kier molecular flexibility index (Phi) is 5.64. The zero-order chi connectivity index (χ0) is 17.8. The van der Waals surface area contributed by atoms with Crippen molar-refractivity contribution in [1.29, 1.82) is 0 Å². The minimum Gasteiger partial charge on any atom is -0.379 e. The van der Waals surface area contributed by atoms with Crippen molar-refractivity contribution in [2.24, 2.45) is 5.41 Å². The second-order valence-electron chi connectivity index (χ2n) is 7.79. The lowest BCUT2D eigenvalue weighted by atomic mass is 9.80. The summed E-state index contributed by atoms with van der Waals surface area (Å²) in [5.41, 5.74) is 2.79. The molecule has 5 nitrogen and oxygen atoms in total. The molecule has 0 saturated carbocycles. The third-order valence-corrected chi connectivity index (χ3v) is 6.29. The Labute approximate surface area is 160 Å². The van der Waals surface area contributed by atoms with Crippen molar-refractivity contribution in [2.45, 2.75) is 32.9 Å². The highest BCUT2D eigenvalue weighted by Gasteiger charge is 2.38. The summed E-state index contributed by atoms with van der Waals surface area (Å²) < 4.78 is 6.06. The van der Waals surface area contributed by atoms with E-state index in [-0.39, 0.29) is 5.41 Å². The Morgan fingerprint density at radius 1 is 1.15 bits per heavy atom. The molecule has 4 rings (SSSR count). The van der Waals surface area contributed by atoms with Crippen LogP contribution in [0.2, 0.25) is 0 Å². The number of likely N-dealkylation sites (tertiary alicyclic amines) is 1. The van der Waals surface area contributed by atoms with E-state index in [1.54, 1.807) is 11.3 Å². The molecule has 0 radical (unpaired) electrons. The maximum absolute atomic E-state index is 6.06. The van der Waals surface area contributed by atoms with Gasteiger partial charge in [-0.05, 0) is 44.0 Å². The van der Waals surface area contributed by atoms with Crippen molar-refractivity contribution in [3.05, 3.63) is 46.2 Å². The fourth-order valence-electron chi connectivity index (χ4n) is 4.36. The number of ether oxygens (including phenoxy) is 1. The molecular weight excluding hydrogens is 344 g/mol. The first kappa shape index (κ1) is 18.0. The van der Waals surface area contributed by atoms with Crippen molar-refractivity contribution in [3.8, 4) is 0 Å². The molecule has 2 saturated heterocycles. The molecule has 0 N–H and O–H groups in total. The number of rotatable bonds is 4. The van der Waals surface area contributed by atoms with E-state index in [0.717, 1.165) is 50.9 Å². The van der Waals surface area contributed by atoms with Crippen LogP contribution in [0.1, 0.15) is 29.1 Å². The molecular formula is C20H28N4OS. The first-order valence-corrected chi connectivity index (χ1v) is 10.4. The molecule has 2 aliphatic rings. The van der Waals surface area contributed by atoms with E-state index in [1.165, 1.54) is 30.6 Å². The molecule has 0 amide bonds. The number of aryl methyl sites for hydroxylation is 1. The maximum atomic E-state index is 6.06. The smallest absolute Gasteiger partial charge is 0.0897 e. The average Bonchev–Trinajstić information content (AvgIpc) is 2.94. The Bertz CT molecular complexity index is 707. The number of aromatic nitrogens is 2. The Morgan fingerprint density at radius 3 is 2.73 bits per heavy atom. The highest BCUT2D eigenvalue weighted by molar-refractivity contribution is 7.09. The predicted molar refractivity (Wildman–Crippen MR) is 104 cm³/mol. The zero-order valence-corrected chi connectivity index (χ0v) is 16.4. The van der Waals surface area contributed by atoms with E-state index in [9.17, 15) is 0 Å². The highest BCUT2D eigenvalue weighted by Crippen LogP contribution is 2.34. The number of pyridine rings is 1. The largest absolute Gasteiger partial charge is 0.379 e. The number of piperidine rings is 1. The third-order valence-electron chi connectivity index (χ3n) is 5.47. The van der Waals surface area contributed by atoms with E-state index >= 15 is 0 Å². The lowest BCUT2D eigenvalue weighted by Crippen LogP contribution is -2.50. The quantitative estimate of drug-likeness (QED) is 0.825. The van der Waals surface area contributed by atoms with Crippen molar-refractivity contribution in [1.82, 2.24) is 19.8 Å². The topological polar surface area (TPSA) is 41.5 Å². The molecule has 0 bridgehead atoms. The summed E-state index contributed by atoms with van der Waals surface area (Å²) in [4.78, 5) is 13.9. The van der Waals surface area contributed by atoms with E-state index in [0.29, 0.717) is 0 Å². The van der Waals surface area contributed by atoms with Crippen molar-refractivity contribution < 1.29 is 4.74 Å². The second-order valence-corrected chi connectivity index (χ2v) is 8.85. The first-order chi connectivity index (χ1) is 12.7. The van der Waals surface area contributed by atoms with Crippen LogP contribution in [0.25, 0.3) is 0 Å². The van der Waals surface area contributed by atoms with Gasteiger partial charge < -0.3 is 4.74 Å². The van der Waals surface area contributed by atoms with Gasteiger partial charge in [-0.25, -0.2) is 4.98 Å². The van der Waals surface area contributed by atoms with Crippen molar-refractivity contribution in [2.75, 3.05) is 39.4 Å². The fourth-order valence-corrected chi connectivity index (χ4v) is 4.97. The lowest BCUT2D eigenvalue weighted by Gasteiger charge is -2.43. The molecule has 2 aromatic heterocycles. The molecule has 0 unspecified atom stereocenters. The van der Waals surface area contributed by atoms with Crippen LogP contribution in [-0.2, 0) is 17.8 Å². The minimum atomic E-state index is 0.243. The second kappa shape index (κ2) is 8.13. The fraction of sp³-hybridized carbons (Fsp3) is 0.600. The number of thiazole rings is 1. The van der Waals surface area contributed by atoms with Gasteiger partial charge in [-0.3, -0.25) is 14.8 Å². The van der Waals surface area contributed by atoms with Gasteiger partial charge in [-0.1, -0.05) is 0 Å². The average molecular weight is 373 g/mol. The van der Waals surface area contributed by atoms with E-state index in [2.05, 4.69) is 44.2 Å². The Balaban J connectivity index is 1.43. The van der Waals surface area contributed by atoms with Gasteiger partial charge in [-0.2, -0.15) is 0 Å². The summed E-state index contributed by atoms with van der Waals surface area (Å²) in [6.45, 7) is 10.1. The Hall–Kier alpha value is -1.34. The molecule has 4 heterocycles. The normalized spacial score (nSPS) is 25.4. The molecule has 26 heavy (non-hydrogen) atoms.